The first-order valence-corrected chi connectivity index (χ1v) is 8.52. The van der Waals surface area contributed by atoms with Gasteiger partial charge in [0, 0.05) is 5.56 Å². The van der Waals surface area contributed by atoms with Gasteiger partial charge in [-0.05, 0) is 48.9 Å². The molecule has 1 fully saturated rings. The fourth-order valence-corrected chi connectivity index (χ4v) is 4.04. The van der Waals surface area contributed by atoms with Crippen molar-refractivity contribution < 1.29 is 9.84 Å². The van der Waals surface area contributed by atoms with Crippen LogP contribution in [0.25, 0.3) is 11.1 Å². The molecule has 1 aliphatic carbocycles. The van der Waals surface area contributed by atoms with Gasteiger partial charge in [0.05, 0.1) is 6.04 Å². The molecule has 2 aromatic carbocycles. The molecule has 0 saturated heterocycles. The first kappa shape index (κ1) is 17.3. The number of halogens is 1. The van der Waals surface area contributed by atoms with Crippen molar-refractivity contribution in [2.45, 2.75) is 49.9 Å². The molecule has 3 N–H and O–H groups in total. The lowest BCUT2D eigenvalue weighted by molar-refractivity contribution is -0.0581. The van der Waals surface area contributed by atoms with Crippen molar-refractivity contribution >= 4 is 12.4 Å². The normalized spacial score (nSPS) is 24.6. The SMILES string of the molecule is Cl.NC1C(O)c2cc(-c3ccccc3)ccc2OC12CCCCC2. The molecule has 1 aliphatic heterocycles. The van der Waals surface area contributed by atoms with Crippen LogP contribution in [-0.2, 0) is 0 Å². The number of hydrogen-bond donors (Lipinski definition) is 2. The summed E-state index contributed by atoms with van der Waals surface area (Å²) >= 11 is 0. The molecule has 1 heterocycles. The second-order valence-electron chi connectivity index (χ2n) is 6.82. The molecule has 1 spiro atoms. The fraction of sp³-hybridized carbons (Fsp3) is 0.400. The van der Waals surface area contributed by atoms with Crippen LogP contribution in [0.4, 0.5) is 0 Å². The number of fused-ring (bicyclic) bond motifs is 1. The van der Waals surface area contributed by atoms with Crippen LogP contribution in [-0.4, -0.2) is 16.7 Å². The van der Waals surface area contributed by atoms with E-state index in [-0.39, 0.29) is 24.0 Å². The Balaban J connectivity index is 0.00000169. The largest absolute Gasteiger partial charge is 0.485 e. The standard InChI is InChI=1S/C20H23NO2.ClH/c21-19-18(22)16-13-15(14-7-3-1-4-8-14)9-10-17(16)23-20(19)11-5-2-6-12-20;/h1,3-4,7-10,13,18-19,22H,2,5-6,11-12,21H2;1H. The number of aliphatic hydroxyl groups excluding tert-OH is 1. The molecule has 2 aliphatic rings. The van der Waals surface area contributed by atoms with Crippen molar-refractivity contribution in [3.63, 3.8) is 0 Å². The molecular formula is C20H24ClNO2. The van der Waals surface area contributed by atoms with E-state index in [1.165, 1.54) is 6.42 Å². The van der Waals surface area contributed by atoms with Crippen LogP contribution in [0.1, 0.15) is 43.8 Å². The van der Waals surface area contributed by atoms with Crippen LogP contribution in [0.15, 0.2) is 48.5 Å². The maximum absolute atomic E-state index is 10.8. The third-order valence-electron chi connectivity index (χ3n) is 5.40. The highest BCUT2D eigenvalue weighted by atomic mass is 35.5. The van der Waals surface area contributed by atoms with Gasteiger partial charge in [0.2, 0.25) is 0 Å². The Bertz CT molecular complexity index is 698. The summed E-state index contributed by atoms with van der Waals surface area (Å²) in [6.45, 7) is 0. The zero-order valence-corrected chi connectivity index (χ0v) is 14.5. The average Bonchev–Trinajstić information content (AvgIpc) is 2.61. The van der Waals surface area contributed by atoms with E-state index < -0.39 is 6.10 Å². The quantitative estimate of drug-likeness (QED) is 0.813. The minimum absolute atomic E-state index is 0. The fourth-order valence-electron chi connectivity index (χ4n) is 4.04. The van der Waals surface area contributed by atoms with E-state index in [4.69, 9.17) is 10.5 Å². The molecule has 3 nitrogen and oxygen atoms in total. The molecule has 2 aromatic rings. The van der Waals surface area contributed by atoms with Crippen LogP contribution in [0, 0.1) is 0 Å². The van der Waals surface area contributed by atoms with Crippen LogP contribution < -0.4 is 10.5 Å². The predicted octanol–water partition coefficient (Wildman–Crippen LogP) is 4.23. The zero-order chi connectivity index (χ0) is 15.9. The lowest BCUT2D eigenvalue weighted by Crippen LogP contribution is -2.58. The van der Waals surface area contributed by atoms with Gasteiger partial charge in [-0.15, -0.1) is 12.4 Å². The molecule has 4 rings (SSSR count). The summed E-state index contributed by atoms with van der Waals surface area (Å²) in [5.74, 6) is 0.792. The molecule has 1 saturated carbocycles. The molecule has 0 amide bonds. The van der Waals surface area contributed by atoms with Crippen molar-refractivity contribution in [1.82, 2.24) is 0 Å². The highest BCUT2D eigenvalue weighted by Crippen LogP contribution is 2.46. The lowest BCUT2D eigenvalue weighted by Gasteiger charge is -2.47. The highest BCUT2D eigenvalue weighted by molar-refractivity contribution is 5.85. The van der Waals surface area contributed by atoms with Gasteiger partial charge in [-0.3, -0.25) is 0 Å². The predicted molar refractivity (Wildman–Crippen MR) is 98.5 cm³/mol. The van der Waals surface area contributed by atoms with E-state index in [1.54, 1.807) is 0 Å². The van der Waals surface area contributed by atoms with Gasteiger partial charge < -0.3 is 15.6 Å². The third kappa shape index (κ3) is 2.81. The number of benzene rings is 2. The van der Waals surface area contributed by atoms with Gasteiger partial charge in [0.15, 0.2) is 0 Å². The molecule has 0 radical (unpaired) electrons. The summed E-state index contributed by atoms with van der Waals surface area (Å²) in [7, 11) is 0. The molecule has 2 atom stereocenters. The van der Waals surface area contributed by atoms with Gasteiger partial charge in [-0.25, -0.2) is 0 Å². The number of hydrogen-bond acceptors (Lipinski definition) is 3. The number of aliphatic hydroxyl groups is 1. The summed E-state index contributed by atoms with van der Waals surface area (Å²) in [5, 5.41) is 10.8. The maximum atomic E-state index is 10.8. The van der Waals surface area contributed by atoms with E-state index in [2.05, 4.69) is 18.2 Å². The molecular weight excluding hydrogens is 322 g/mol. The van der Waals surface area contributed by atoms with E-state index in [0.29, 0.717) is 0 Å². The van der Waals surface area contributed by atoms with Gasteiger partial charge in [0.25, 0.3) is 0 Å². The summed E-state index contributed by atoms with van der Waals surface area (Å²) < 4.78 is 6.35. The average molecular weight is 346 g/mol. The second-order valence-corrected chi connectivity index (χ2v) is 6.82. The number of nitrogens with two attached hydrogens (primary N) is 1. The smallest absolute Gasteiger partial charge is 0.127 e. The van der Waals surface area contributed by atoms with Gasteiger partial charge in [-0.1, -0.05) is 42.8 Å². The Kier molecular flexibility index (Phi) is 4.86. The second kappa shape index (κ2) is 6.75. The van der Waals surface area contributed by atoms with E-state index >= 15 is 0 Å². The maximum Gasteiger partial charge on any atom is 0.127 e. The summed E-state index contributed by atoms with van der Waals surface area (Å²) in [4.78, 5) is 0. The van der Waals surface area contributed by atoms with Crippen LogP contribution >= 0.6 is 12.4 Å². The minimum Gasteiger partial charge on any atom is -0.485 e. The summed E-state index contributed by atoms with van der Waals surface area (Å²) in [6, 6.07) is 15.9. The third-order valence-corrected chi connectivity index (χ3v) is 5.40. The monoisotopic (exact) mass is 345 g/mol. The van der Waals surface area contributed by atoms with Crippen molar-refractivity contribution in [2.75, 3.05) is 0 Å². The Hall–Kier alpha value is -1.55. The minimum atomic E-state index is -0.666. The van der Waals surface area contributed by atoms with Crippen LogP contribution in [0.5, 0.6) is 5.75 Å². The van der Waals surface area contributed by atoms with Crippen LogP contribution in [0.3, 0.4) is 0 Å². The summed E-state index contributed by atoms with van der Waals surface area (Å²) in [6.07, 6.45) is 4.68. The van der Waals surface area contributed by atoms with E-state index in [1.807, 2.05) is 30.3 Å². The number of rotatable bonds is 1. The Morgan fingerprint density at radius 2 is 1.67 bits per heavy atom. The van der Waals surface area contributed by atoms with E-state index in [9.17, 15) is 5.11 Å². The molecule has 2 unspecified atom stereocenters. The molecule has 128 valence electrons. The van der Waals surface area contributed by atoms with Crippen molar-refractivity contribution in [3.05, 3.63) is 54.1 Å². The summed E-state index contributed by atoms with van der Waals surface area (Å²) in [5.41, 5.74) is 9.06. The Morgan fingerprint density at radius 3 is 2.38 bits per heavy atom. The Labute approximate surface area is 149 Å². The zero-order valence-electron chi connectivity index (χ0n) is 13.7. The van der Waals surface area contributed by atoms with Gasteiger partial charge >= 0.3 is 0 Å². The van der Waals surface area contributed by atoms with Crippen molar-refractivity contribution in [1.29, 1.82) is 0 Å². The molecule has 0 bridgehead atoms. The molecule has 0 aromatic heterocycles. The van der Waals surface area contributed by atoms with Gasteiger partial charge in [-0.2, -0.15) is 0 Å². The molecule has 4 heteroatoms. The lowest BCUT2D eigenvalue weighted by atomic mass is 9.74. The van der Waals surface area contributed by atoms with E-state index in [0.717, 1.165) is 48.1 Å². The molecule has 24 heavy (non-hydrogen) atoms. The van der Waals surface area contributed by atoms with Crippen LogP contribution in [0.2, 0.25) is 0 Å². The number of ether oxygens (including phenoxy) is 1. The first-order chi connectivity index (χ1) is 11.2. The highest BCUT2D eigenvalue weighted by Gasteiger charge is 2.48. The van der Waals surface area contributed by atoms with Gasteiger partial charge in [0.1, 0.15) is 17.5 Å². The van der Waals surface area contributed by atoms with Crippen molar-refractivity contribution in [3.8, 4) is 16.9 Å². The first-order valence-electron chi connectivity index (χ1n) is 8.52. The Morgan fingerprint density at radius 1 is 0.958 bits per heavy atom. The van der Waals surface area contributed by atoms with Crippen molar-refractivity contribution in [2.24, 2.45) is 5.73 Å². The topological polar surface area (TPSA) is 55.5 Å².